The summed E-state index contributed by atoms with van der Waals surface area (Å²) in [5.41, 5.74) is 0. The van der Waals surface area contributed by atoms with Crippen LogP contribution in [0.2, 0.25) is 5.15 Å². The summed E-state index contributed by atoms with van der Waals surface area (Å²) < 4.78 is 10.7. The largest absolute Gasteiger partial charge is 0.490 e. The summed E-state index contributed by atoms with van der Waals surface area (Å²) in [6, 6.07) is 0. The molecule has 5 nitrogen and oxygen atoms in total. The monoisotopic (exact) mass is 271 g/mol. The number of hydrogen-bond donors (Lipinski definition) is 1. The number of halogens is 1. The van der Waals surface area contributed by atoms with Gasteiger partial charge >= 0.3 is 0 Å². The minimum atomic E-state index is 0.319. The number of nitrogens with one attached hydrogen (secondary N) is 1. The Morgan fingerprint density at radius 3 is 3.00 bits per heavy atom. The van der Waals surface area contributed by atoms with Gasteiger partial charge in [0.2, 0.25) is 0 Å². The van der Waals surface area contributed by atoms with Gasteiger partial charge in [-0.15, -0.1) is 0 Å². The topological polar surface area (TPSA) is 56.3 Å². The first-order valence-corrected chi connectivity index (χ1v) is 6.55. The Morgan fingerprint density at radius 1 is 1.44 bits per heavy atom. The van der Waals surface area contributed by atoms with Gasteiger partial charge in [0.25, 0.3) is 0 Å². The van der Waals surface area contributed by atoms with Crippen LogP contribution in [0.15, 0.2) is 6.33 Å². The van der Waals surface area contributed by atoms with Crippen molar-refractivity contribution in [1.82, 2.24) is 9.97 Å². The van der Waals surface area contributed by atoms with Crippen LogP contribution in [0.25, 0.3) is 0 Å². The van der Waals surface area contributed by atoms with Crippen molar-refractivity contribution in [2.75, 3.05) is 32.2 Å². The molecule has 0 amide bonds. The lowest BCUT2D eigenvalue weighted by Crippen LogP contribution is -2.09. The predicted octanol–water partition coefficient (Wildman–Crippen LogP) is 2.37. The van der Waals surface area contributed by atoms with Crippen LogP contribution in [-0.2, 0) is 4.74 Å². The molecule has 0 aliphatic heterocycles. The van der Waals surface area contributed by atoms with E-state index >= 15 is 0 Å². The van der Waals surface area contributed by atoms with Gasteiger partial charge in [0.05, 0.1) is 7.11 Å². The lowest BCUT2D eigenvalue weighted by Gasteiger charge is -2.10. The standard InChI is InChI=1S/C12H18ClN3O2/c1-17-10-11(13)15-8-16-12(10)14-5-2-6-18-7-9-3-4-9/h8-9H,2-7H2,1H3,(H,14,15,16). The quantitative estimate of drug-likeness (QED) is 0.581. The number of methoxy groups -OCH3 is 1. The fraction of sp³-hybridized carbons (Fsp3) is 0.667. The summed E-state index contributed by atoms with van der Waals surface area (Å²) in [5.74, 6) is 1.93. The zero-order valence-electron chi connectivity index (χ0n) is 10.5. The van der Waals surface area contributed by atoms with E-state index in [0.717, 1.165) is 32.1 Å². The van der Waals surface area contributed by atoms with Crippen LogP contribution >= 0.6 is 11.6 Å². The van der Waals surface area contributed by atoms with Crippen molar-refractivity contribution in [2.24, 2.45) is 5.92 Å². The molecule has 0 saturated heterocycles. The highest BCUT2D eigenvalue weighted by molar-refractivity contribution is 6.31. The highest BCUT2D eigenvalue weighted by atomic mass is 35.5. The number of nitrogens with zero attached hydrogens (tertiary/aromatic N) is 2. The third-order valence-corrected chi connectivity index (χ3v) is 3.04. The molecule has 0 aromatic carbocycles. The van der Waals surface area contributed by atoms with Crippen LogP contribution in [0.5, 0.6) is 5.75 Å². The fourth-order valence-corrected chi connectivity index (χ4v) is 1.78. The Kier molecular flexibility index (Phi) is 5.01. The van der Waals surface area contributed by atoms with E-state index in [9.17, 15) is 0 Å². The third-order valence-electron chi connectivity index (χ3n) is 2.77. The Bertz CT molecular complexity index is 386. The van der Waals surface area contributed by atoms with Crippen molar-refractivity contribution in [3.63, 3.8) is 0 Å². The first kappa shape index (κ1) is 13.4. The van der Waals surface area contributed by atoms with Crippen LogP contribution in [0, 0.1) is 5.92 Å². The average molecular weight is 272 g/mol. The molecule has 1 heterocycles. The van der Waals surface area contributed by atoms with Crippen molar-refractivity contribution in [1.29, 1.82) is 0 Å². The summed E-state index contributed by atoms with van der Waals surface area (Å²) in [6.45, 7) is 2.45. The van der Waals surface area contributed by atoms with Crippen molar-refractivity contribution in [2.45, 2.75) is 19.3 Å². The van der Waals surface area contributed by atoms with Crippen molar-refractivity contribution in [3.05, 3.63) is 11.5 Å². The van der Waals surface area contributed by atoms with Crippen molar-refractivity contribution < 1.29 is 9.47 Å². The fourth-order valence-electron chi connectivity index (χ4n) is 1.57. The molecule has 100 valence electrons. The van der Waals surface area contributed by atoms with Gasteiger partial charge in [0.1, 0.15) is 6.33 Å². The Balaban J connectivity index is 1.67. The third kappa shape index (κ3) is 3.99. The zero-order valence-corrected chi connectivity index (χ0v) is 11.2. The lowest BCUT2D eigenvalue weighted by molar-refractivity contribution is 0.124. The van der Waals surface area contributed by atoms with Gasteiger partial charge in [0.15, 0.2) is 16.7 Å². The van der Waals surface area contributed by atoms with E-state index in [-0.39, 0.29) is 0 Å². The number of rotatable bonds is 8. The van der Waals surface area contributed by atoms with E-state index in [0.29, 0.717) is 16.7 Å². The number of anilines is 1. The number of ether oxygens (including phenoxy) is 2. The van der Waals surface area contributed by atoms with E-state index in [1.165, 1.54) is 19.2 Å². The maximum Gasteiger partial charge on any atom is 0.198 e. The van der Waals surface area contributed by atoms with Gasteiger partial charge < -0.3 is 14.8 Å². The summed E-state index contributed by atoms with van der Waals surface area (Å²) in [4.78, 5) is 7.95. The van der Waals surface area contributed by atoms with Crippen LogP contribution < -0.4 is 10.1 Å². The molecule has 0 radical (unpaired) electrons. The average Bonchev–Trinajstić information content (AvgIpc) is 3.18. The normalized spacial score (nSPS) is 14.6. The summed E-state index contributed by atoms with van der Waals surface area (Å²) >= 11 is 5.89. The molecule has 1 N–H and O–H groups in total. The van der Waals surface area contributed by atoms with Gasteiger partial charge in [0, 0.05) is 19.8 Å². The Morgan fingerprint density at radius 2 is 2.28 bits per heavy atom. The molecule has 2 rings (SSSR count). The van der Waals surface area contributed by atoms with E-state index in [4.69, 9.17) is 21.1 Å². The molecule has 6 heteroatoms. The SMILES string of the molecule is COc1c(Cl)ncnc1NCCCOCC1CC1. The highest BCUT2D eigenvalue weighted by Crippen LogP contribution is 2.29. The summed E-state index contributed by atoms with van der Waals surface area (Å²) in [7, 11) is 1.55. The lowest BCUT2D eigenvalue weighted by atomic mass is 10.4. The minimum absolute atomic E-state index is 0.319. The Labute approximate surface area is 112 Å². The molecule has 1 saturated carbocycles. The van der Waals surface area contributed by atoms with Crippen LogP contribution in [0.1, 0.15) is 19.3 Å². The molecule has 1 aliphatic carbocycles. The maximum absolute atomic E-state index is 5.89. The second kappa shape index (κ2) is 6.75. The zero-order chi connectivity index (χ0) is 12.8. The molecule has 0 atom stereocenters. The molecule has 0 spiro atoms. The Hall–Kier alpha value is -1.07. The van der Waals surface area contributed by atoms with E-state index in [1.807, 2.05) is 0 Å². The molecule has 1 fully saturated rings. The van der Waals surface area contributed by atoms with E-state index in [2.05, 4.69) is 15.3 Å². The molecule has 1 aromatic heterocycles. The summed E-state index contributed by atoms with van der Waals surface area (Å²) in [6.07, 6.45) is 5.00. The van der Waals surface area contributed by atoms with Gasteiger partial charge in [-0.3, -0.25) is 0 Å². The highest BCUT2D eigenvalue weighted by Gasteiger charge is 2.20. The summed E-state index contributed by atoms with van der Waals surface area (Å²) in [5, 5.41) is 3.49. The van der Waals surface area contributed by atoms with Crippen molar-refractivity contribution in [3.8, 4) is 5.75 Å². The predicted molar refractivity (Wildman–Crippen MR) is 70.2 cm³/mol. The molecule has 18 heavy (non-hydrogen) atoms. The first-order chi connectivity index (χ1) is 8.81. The van der Waals surface area contributed by atoms with Gasteiger partial charge in [-0.05, 0) is 25.2 Å². The second-order valence-corrected chi connectivity index (χ2v) is 4.70. The van der Waals surface area contributed by atoms with Gasteiger partial charge in [-0.2, -0.15) is 0 Å². The minimum Gasteiger partial charge on any atom is -0.490 e. The number of hydrogen-bond acceptors (Lipinski definition) is 5. The van der Waals surface area contributed by atoms with Crippen LogP contribution in [-0.4, -0.2) is 36.8 Å². The van der Waals surface area contributed by atoms with Crippen LogP contribution in [0.4, 0.5) is 5.82 Å². The smallest absolute Gasteiger partial charge is 0.198 e. The second-order valence-electron chi connectivity index (χ2n) is 4.34. The maximum atomic E-state index is 5.89. The molecular weight excluding hydrogens is 254 g/mol. The molecule has 0 unspecified atom stereocenters. The van der Waals surface area contributed by atoms with Crippen LogP contribution in [0.3, 0.4) is 0 Å². The molecule has 0 bridgehead atoms. The molecule has 1 aliphatic rings. The van der Waals surface area contributed by atoms with Gasteiger partial charge in [-0.25, -0.2) is 9.97 Å². The molecular formula is C12H18ClN3O2. The number of aromatic nitrogens is 2. The van der Waals surface area contributed by atoms with Crippen molar-refractivity contribution >= 4 is 17.4 Å². The van der Waals surface area contributed by atoms with E-state index in [1.54, 1.807) is 7.11 Å². The first-order valence-electron chi connectivity index (χ1n) is 6.17. The molecule has 1 aromatic rings. The van der Waals surface area contributed by atoms with Gasteiger partial charge in [-0.1, -0.05) is 11.6 Å². The van der Waals surface area contributed by atoms with E-state index < -0.39 is 0 Å².